The first-order valence-electron chi connectivity index (χ1n) is 7.46. The third-order valence-electron chi connectivity index (χ3n) is 3.64. The van der Waals surface area contributed by atoms with Crippen LogP contribution >= 0.6 is 11.3 Å². The van der Waals surface area contributed by atoms with Crippen molar-refractivity contribution in [2.24, 2.45) is 0 Å². The van der Waals surface area contributed by atoms with Crippen LogP contribution in [0.3, 0.4) is 0 Å². The fraction of sp³-hybridized carbons (Fsp3) is 0.500. The van der Waals surface area contributed by atoms with Gasteiger partial charge in [-0.15, -0.1) is 5.10 Å². The summed E-state index contributed by atoms with van der Waals surface area (Å²) in [5, 5.41) is 13.3. The molecule has 1 saturated carbocycles. The number of aryl methyl sites for hydroxylation is 1. The molecule has 0 unspecified atom stereocenters. The zero-order valence-electron chi connectivity index (χ0n) is 12.7. The molecule has 1 fully saturated rings. The summed E-state index contributed by atoms with van der Waals surface area (Å²) in [5.41, 5.74) is 2.39. The van der Waals surface area contributed by atoms with Crippen LogP contribution in [-0.2, 0) is 6.54 Å². The molecule has 0 saturated heterocycles. The molecule has 0 spiro atoms. The molecule has 21 heavy (non-hydrogen) atoms. The molecule has 1 aromatic heterocycles. The SMILES string of the molecule is Cc1ccc(C(C)C)cc1Oc1nnc(CNC2CC2)s1. The monoisotopic (exact) mass is 303 g/mol. The van der Waals surface area contributed by atoms with Crippen LogP contribution in [0.4, 0.5) is 0 Å². The van der Waals surface area contributed by atoms with Crippen molar-refractivity contribution in [2.45, 2.75) is 52.1 Å². The normalized spacial score (nSPS) is 14.7. The summed E-state index contributed by atoms with van der Waals surface area (Å²) in [6.45, 7) is 7.20. The molecule has 1 heterocycles. The average molecular weight is 303 g/mol. The molecule has 0 aliphatic heterocycles. The van der Waals surface area contributed by atoms with Gasteiger partial charge >= 0.3 is 0 Å². The summed E-state index contributed by atoms with van der Waals surface area (Å²) in [5.74, 6) is 1.36. The van der Waals surface area contributed by atoms with Gasteiger partial charge in [-0.05, 0) is 42.9 Å². The Morgan fingerprint density at radius 2 is 2.14 bits per heavy atom. The van der Waals surface area contributed by atoms with Gasteiger partial charge in [-0.3, -0.25) is 0 Å². The van der Waals surface area contributed by atoms with Crippen molar-refractivity contribution < 1.29 is 4.74 Å². The van der Waals surface area contributed by atoms with Gasteiger partial charge in [0.05, 0.1) is 6.54 Å². The third kappa shape index (κ3) is 3.80. The van der Waals surface area contributed by atoms with Gasteiger partial charge in [-0.2, -0.15) is 0 Å². The van der Waals surface area contributed by atoms with Crippen molar-refractivity contribution in [3.05, 3.63) is 34.3 Å². The molecule has 2 aromatic rings. The Morgan fingerprint density at radius 1 is 1.33 bits per heavy atom. The van der Waals surface area contributed by atoms with Crippen LogP contribution in [0.5, 0.6) is 10.9 Å². The molecule has 0 atom stereocenters. The van der Waals surface area contributed by atoms with E-state index in [0.29, 0.717) is 17.2 Å². The number of nitrogens with one attached hydrogen (secondary N) is 1. The van der Waals surface area contributed by atoms with Gasteiger partial charge in [0.1, 0.15) is 10.8 Å². The van der Waals surface area contributed by atoms with E-state index in [-0.39, 0.29) is 0 Å². The predicted octanol–water partition coefficient (Wildman–Crippen LogP) is 4.01. The zero-order chi connectivity index (χ0) is 14.8. The van der Waals surface area contributed by atoms with E-state index in [1.807, 2.05) is 0 Å². The molecule has 1 aromatic carbocycles. The van der Waals surface area contributed by atoms with E-state index in [2.05, 4.69) is 54.5 Å². The topological polar surface area (TPSA) is 47.0 Å². The number of hydrogen-bond acceptors (Lipinski definition) is 5. The highest BCUT2D eigenvalue weighted by molar-refractivity contribution is 7.13. The molecule has 112 valence electrons. The highest BCUT2D eigenvalue weighted by Gasteiger charge is 2.21. The lowest BCUT2D eigenvalue weighted by molar-refractivity contribution is 0.468. The summed E-state index contributed by atoms with van der Waals surface area (Å²) >= 11 is 1.51. The van der Waals surface area contributed by atoms with Crippen molar-refractivity contribution in [2.75, 3.05) is 0 Å². The fourth-order valence-electron chi connectivity index (χ4n) is 2.05. The zero-order valence-corrected chi connectivity index (χ0v) is 13.5. The van der Waals surface area contributed by atoms with Crippen molar-refractivity contribution in [3.63, 3.8) is 0 Å². The minimum Gasteiger partial charge on any atom is -0.430 e. The summed E-state index contributed by atoms with van der Waals surface area (Å²) in [7, 11) is 0. The van der Waals surface area contributed by atoms with E-state index >= 15 is 0 Å². The van der Waals surface area contributed by atoms with Crippen molar-refractivity contribution in [1.82, 2.24) is 15.5 Å². The van der Waals surface area contributed by atoms with Gasteiger partial charge in [0, 0.05) is 6.04 Å². The third-order valence-corrected chi connectivity index (χ3v) is 4.44. The maximum atomic E-state index is 5.92. The molecule has 3 rings (SSSR count). The first-order chi connectivity index (χ1) is 10.1. The number of benzene rings is 1. The predicted molar refractivity (Wildman–Crippen MR) is 85.1 cm³/mol. The van der Waals surface area contributed by atoms with Crippen LogP contribution in [0.25, 0.3) is 0 Å². The van der Waals surface area contributed by atoms with Crippen molar-refractivity contribution >= 4 is 11.3 Å². The quantitative estimate of drug-likeness (QED) is 0.875. The van der Waals surface area contributed by atoms with Crippen LogP contribution in [-0.4, -0.2) is 16.2 Å². The maximum Gasteiger partial charge on any atom is 0.299 e. The van der Waals surface area contributed by atoms with Crippen LogP contribution in [0, 0.1) is 6.92 Å². The van der Waals surface area contributed by atoms with Crippen molar-refractivity contribution in [3.8, 4) is 10.9 Å². The minimum atomic E-state index is 0.487. The Morgan fingerprint density at radius 3 is 2.86 bits per heavy atom. The van der Waals surface area contributed by atoms with Gasteiger partial charge in [-0.25, -0.2) is 0 Å². The molecule has 1 aliphatic rings. The average Bonchev–Trinajstić information content (AvgIpc) is 3.18. The molecule has 0 radical (unpaired) electrons. The first-order valence-corrected chi connectivity index (χ1v) is 8.27. The number of aromatic nitrogens is 2. The number of nitrogens with zero attached hydrogens (tertiary/aromatic N) is 2. The smallest absolute Gasteiger partial charge is 0.299 e. The Balaban J connectivity index is 1.69. The van der Waals surface area contributed by atoms with Gasteiger partial charge in [0.2, 0.25) is 0 Å². The van der Waals surface area contributed by atoms with E-state index in [0.717, 1.165) is 22.9 Å². The van der Waals surface area contributed by atoms with Gasteiger partial charge in [0.25, 0.3) is 5.19 Å². The Bertz CT molecular complexity index is 620. The standard InChI is InChI=1S/C16H21N3OS/c1-10(2)12-5-4-11(3)14(8-12)20-16-19-18-15(21-16)9-17-13-6-7-13/h4-5,8,10,13,17H,6-7,9H2,1-3H3. The molecular weight excluding hydrogens is 282 g/mol. The van der Waals surface area contributed by atoms with Crippen LogP contribution < -0.4 is 10.1 Å². The molecule has 4 nitrogen and oxygen atoms in total. The fourth-order valence-corrected chi connectivity index (χ4v) is 2.70. The molecule has 1 aliphatic carbocycles. The highest BCUT2D eigenvalue weighted by atomic mass is 32.1. The molecule has 5 heteroatoms. The van der Waals surface area contributed by atoms with Crippen LogP contribution in [0.1, 0.15) is 48.7 Å². The van der Waals surface area contributed by atoms with Crippen molar-refractivity contribution in [1.29, 1.82) is 0 Å². The molecular formula is C16H21N3OS. The largest absolute Gasteiger partial charge is 0.430 e. The lowest BCUT2D eigenvalue weighted by Gasteiger charge is -2.10. The molecule has 0 bridgehead atoms. The highest BCUT2D eigenvalue weighted by Crippen LogP contribution is 2.30. The number of rotatable bonds is 6. The Kier molecular flexibility index (Phi) is 4.22. The van der Waals surface area contributed by atoms with E-state index < -0.39 is 0 Å². The van der Waals surface area contributed by atoms with Gasteiger partial charge in [-0.1, -0.05) is 42.4 Å². The van der Waals surface area contributed by atoms with E-state index in [9.17, 15) is 0 Å². The Hall–Kier alpha value is -1.46. The summed E-state index contributed by atoms with van der Waals surface area (Å²) in [6, 6.07) is 7.03. The summed E-state index contributed by atoms with van der Waals surface area (Å²) in [4.78, 5) is 0. The second-order valence-electron chi connectivity index (χ2n) is 5.90. The maximum absolute atomic E-state index is 5.92. The van der Waals surface area contributed by atoms with Crippen LogP contribution in [0.2, 0.25) is 0 Å². The second kappa shape index (κ2) is 6.12. The summed E-state index contributed by atoms with van der Waals surface area (Å²) < 4.78 is 5.92. The van der Waals surface area contributed by atoms with Gasteiger partial charge in [0.15, 0.2) is 0 Å². The lowest BCUT2D eigenvalue weighted by Crippen LogP contribution is -2.14. The van der Waals surface area contributed by atoms with E-state index in [1.54, 1.807) is 0 Å². The first kappa shape index (κ1) is 14.5. The van der Waals surface area contributed by atoms with Gasteiger partial charge < -0.3 is 10.1 Å². The number of hydrogen-bond donors (Lipinski definition) is 1. The Labute approximate surface area is 129 Å². The van der Waals surface area contributed by atoms with E-state index in [4.69, 9.17) is 4.74 Å². The molecule has 1 N–H and O–H groups in total. The number of ether oxygens (including phenoxy) is 1. The minimum absolute atomic E-state index is 0.487. The summed E-state index contributed by atoms with van der Waals surface area (Å²) in [6.07, 6.45) is 2.56. The lowest BCUT2D eigenvalue weighted by atomic mass is 10.0. The molecule has 0 amide bonds. The second-order valence-corrected chi connectivity index (χ2v) is 6.92. The van der Waals surface area contributed by atoms with Crippen LogP contribution in [0.15, 0.2) is 18.2 Å². The van der Waals surface area contributed by atoms with E-state index in [1.165, 1.54) is 29.7 Å².